The zero-order valence-corrected chi connectivity index (χ0v) is 12.1. The van der Waals surface area contributed by atoms with Crippen LogP contribution in [0.25, 0.3) is 0 Å². The number of hydrogen-bond donors (Lipinski definition) is 0. The second-order valence-corrected chi connectivity index (χ2v) is 5.74. The third kappa shape index (κ3) is 4.25. The fraction of sp³-hybridized carbons (Fsp3) is 0.300. The normalized spacial score (nSPS) is 10.1. The van der Waals surface area contributed by atoms with Crippen LogP contribution in [0, 0.1) is 17.0 Å². The predicted octanol–water partition coefficient (Wildman–Crippen LogP) is 3.99. The van der Waals surface area contributed by atoms with Gasteiger partial charge in [-0.05, 0) is 31.1 Å². The van der Waals surface area contributed by atoms with Gasteiger partial charge in [-0.25, -0.2) is 0 Å². The van der Waals surface area contributed by atoms with Crippen molar-refractivity contribution in [2.45, 2.75) is 11.8 Å². The van der Waals surface area contributed by atoms with Crippen LogP contribution in [-0.2, 0) is 0 Å². The van der Waals surface area contributed by atoms with E-state index in [4.69, 9.17) is 0 Å². The summed E-state index contributed by atoms with van der Waals surface area (Å²) in [7, 11) is 0. The van der Waals surface area contributed by atoms with E-state index in [2.05, 4.69) is 4.40 Å². The number of thioether (sulfide) groups is 2. The number of nitro benzene ring substituents is 1. The Hall–Kier alpha value is -0.660. The Morgan fingerprint density at radius 2 is 2.00 bits per heavy atom. The van der Waals surface area contributed by atoms with E-state index in [0.717, 1.165) is 21.9 Å². The first-order valence-corrected chi connectivity index (χ1v) is 7.88. The Morgan fingerprint density at radius 3 is 2.53 bits per heavy atom. The van der Waals surface area contributed by atoms with Crippen LogP contribution in [0.4, 0.5) is 5.69 Å². The predicted molar refractivity (Wildman–Crippen MR) is 78.2 cm³/mol. The van der Waals surface area contributed by atoms with Crippen LogP contribution < -0.4 is 0 Å². The monoisotopic (exact) mass is 288 g/mol. The maximum absolute atomic E-state index is 10.9. The highest BCUT2D eigenvalue weighted by Crippen LogP contribution is 2.32. The van der Waals surface area contributed by atoms with Gasteiger partial charge >= 0.3 is 0 Å². The molecule has 4 nitrogen and oxygen atoms in total. The van der Waals surface area contributed by atoms with E-state index in [1.54, 1.807) is 12.1 Å². The summed E-state index contributed by atoms with van der Waals surface area (Å²) in [5, 5.41) is 10.9. The lowest BCUT2D eigenvalue weighted by Gasteiger charge is -2.01. The van der Waals surface area contributed by atoms with Crippen LogP contribution >= 0.6 is 35.5 Å². The molecule has 1 aromatic carbocycles. The third-order valence-corrected chi connectivity index (χ3v) is 4.81. The van der Waals surface area contributed by atoms with Crippen LogP contribution in [-0.4, -0.2) is 21.8 Å². The zero-order chi connectivity index (χ0) is 12.8. The summed E-state index contributed by atoms with van der Waals surface area (Å²) in [5.41, 5.74) is 0.986. The summed E-state index contributed by atoms with van der Waals surface area (Å²) in [6, 6.07) is 5.15. The van der Waals surface area contributed by atoms with Crippen molar-refractivity contribution >= 4 is 45.5 Å². The quantitative estimate of drug-likeness (QED) is 0.277. The van der Waals surface area contributed by atoms with E-state index in [-0.39, 0.29) is 10.6 Å². The molecule has 0 atom stereocenters. The fourth-order valence-corrected chi connectivity index (χ4v) is 3.11. The maximum atomic E-state index is 10.9. The van der Waals surface area contributed by atoms with E-state index in [1.165, 1.54) is 23.5 Å². The van der Waals surface area contributed by atoms with E-state index in [9.17, 15) is 10.1 Å². The number of aryl methyl sites for hydroxylation is 1. The number of benzene rings is 1. The second kappa shape index (κ2) is 6.93. The average Bonchev–Trinajstić information content (AvgIpc) is 2.31. The molecule has 0 saturated carbocycles. The summed E-state index contributed by atoms with van der Waals surface area (Å²) >= 11 is 4.20. The molecule has 0 radical (unpaired) electrons. The molecule has 0 N–H and O–H groups in total. The standard InChI is InChI=1S/C10H12N2O2S3/c1-7-4-5-9(8(6-7)12(13)14)17-11-10(15-2)16-3/h4-6H,1-3H3. The van der Waals surface area contributed by atoms with Gasteiger partial charge in [-0.2, -0.15) is 4.40 Å². The van der Waals surface area contributed by atoms with Crippen molar-refractivity contribution in [1.29, 1.82) is 0 Å². The summed E-state index contributed by atoms with van der Waals surface area (Å²) in [4.78, 5) is 11.1. The van der Waals surface area contributed by atoms with Gasteiger partial charge < -0.3 is 0 Å². The molecule has 7 heteroatoms. The van der Waals surface area contributed by atoms with Gasteiger partial charge in [-0.1, -0.05) is 6.07 Å². The van der Waals surface area contributed by atoms with Gasteiger partial charge in [-0.3, -0.25) is 10.1 Å². The molecule has 0 amide bonds. The van der Waals surface area contributed by atoms with Gasteiger partial charge in [0.2, 0.25) is 0 Å². The minimum atomic E-state index is -0.372. The minimum absolute atomic E-state index is 0.111. The largest absolute Gasteiger partial charge is 0.285 e. The molecule has 92 valence electrons. The summed E-state index contributed by atoms with van der Waals surface area (Å²) in [6.07, 6.45) is 3.86. The van der Waals surface area contributed by atoms with Gasteiger partial charge in [0.15, 0.2) is 0 Å². The molecule has 0 aromatic heterocycles. The van der Waals surface area contributed by atoms with Crippen molar-refractivity contribution in [1.82, 2.24) is 0 Å². The Balaban J connectivity index is 2.98. The first-order valence-electron chi connectivity index (χ1n) is 4.66. The van der Waals surface area contributed by atoms with Crippen molar-refractivity contribution in [3.63, 3.8) is 0 Å². The Labute approximate surface area is 113 Å². The lowest BCUT2D eigenvalue weighted by Crippen LogP contribution is -1.91. The molecular weight excluding hydrogens is 276 g/mol. The zero-order valence-electron chi connectivity index (χ0n) is 9.67. The molecule has 0 fully saturated rings. The van der Waals surface area contributed by atoms with E-state index >= 15 is 0 Å². The topological polar surface area (TPSA) is 55.5 Å². The van der Waals surface area contributed by atoms with Crippen LogP contribution in [0.15, 0.2) is 27.5 Å². The fourth-order valence-electron chi connectivity index (χ4n) is 1.09. The van der Waals surface area contributed by atoms with Crippen LogP contribution in [0.2, 0.25) is 0 Å². The highest BCUT2D eigenvalue weighted by Gasteiger charge is 2.14. The van der Waals surface area contributed by atoms with Crippen molar-refractivity contribution in [2.75, 3.05) is 12.5 Å². The number of hydrogen-bond acceptors (Lipinski definition) is 6. The number of nitrogens with zero attached hydrogens (tertiary/aromatic N) is 2. The van der Waals surface area contributed by atoms with Crippen molar-refractivity contribution in [3.8, 4) is 0 Å². The smallest absolute Gasteiger partial charge is 0.258 e. The lowest BCUT2D eigenvalue weighted by atomic mass is 10.2. The lowest BCUT2D eigenvalue weighted by molar-refractivity contribution is -0.387. The molecule has 1 aromatic rings. The molecule has 17 heavy (non-hydrogen) atoms. The van der Waals surface area contributed by atoms with Gasteiger partial charge in [-0.15, -0.1) is 23.5 Å². The van der Waals surface area contributed by atoms with Crippen LogP contribution in [0.3, 0.4) is 0 Å². The van der Waals surface area contributed by atoms with Crippen molar-refractivity contribution in [3.05, 3.63) is 33.9 Å². The maximum Gasteiger partial charge on any atom is 0.285 e. The molecule has 1 rings (SSSR count). The first-order chi connectivity index (χ1) is 8.08. The Bertz CT molecular complexity index is 443. The molecule has 0 aliphatic carbocycles. The van der Waals surface area contributed by atoms with E-state index < -0.39 is 0 Å². The molecule has 0 unspecified atom stereocenters. The Kier molecular flexibility index (Phi) is 5.87. The minimum Gasteiger partial charge on any atom is -0.258 e. The summed E-state index contributed by atoms with van der Waals surface area (Å²) in [5.74, 6) is 0. The van der Waals surface area contributed by atoms with Gasteiger partial charge in [0.05, 0.1) is 4.92 Å². The molecule has 0 bridgehead atoms. The molecule has 0 saturated heterocycles. The van der Waals surface area contributed by atoms with E-state index in [0.29, 0.717) is 4.90 Å². The first kappa shape index (κ1) is 14.4. The number of rotatable bonds is 3. The highest BCUT2D eigenvalue weighted by atomic mass is 32.2. The van der Waals surface area contributed by atoms with Gasteiger partial charge in [0, 0.05) is 18.0 Å². The second-order valence-electron chi connectivity index (χ2n) is 3.09. The molecule has 0 aliphatic rings. The molecule has 0 heterocycles. The van der Waals surface area contributed by atoms with Gasteiger partial charge in [0.1, 0.15) is 9.27 Å². The highest BCUT2D eigenvalue weighted by molar-refractivity contribution is 8.38. The average molecular weight is 288 g/mol. The van der Waals surface area contributed by atoms with Crippen molar-refractivity contribution in [2.24, 2.45) is 4.40 Å². The van der Waals surface area contributed by atoms with Crippen LogP contribution in [0.5, 0.6) is 0 Å². The third-order valence-electron chi connectivity index (χ3n) is 1.88. The van der Waals surface area contributed by atoms with E-state index in [1.807, 2.05) is 25.5 Å². The SMILES string of the molecule is CSC(=NSc1ccc(C)cc1[N+](=O)[O-])SC. The summed E-state index contributed by atoms with van der Waals surface area (Å²) < 4.78 is 5.15. The summed E-state index contributed by atoms with van der Waals surface area (Å²) in [6.45, 7) is 1.83. The van der Waals surface area contributed by atoms with Gasteiger partial charge in [0.25, 0.3) is 5.69 Å². The molecular formula is C10H12N2O2S3. The van der Waals surface area contributed by atoms with Crippen molar-refractivity contribution < 1.29 is 4.92 Å². The molecule has 0 spiro atoms. The molecule has 0 aliphatic heterocycles. The Morgan fingerprint density at radius 1 is 1.35 bits per heavy atom. The van der Waals surface area contributed by atoms with Crippen LogP contribution in [0.1, 0.15) is 5.56 Å². The number of nitro groups is 1.